The molecule has 0 aliphatic carbocycles. The summed E-state index contributed by atoms with van der Waals surface area (Å²) in [6.45, 7) is 1.46. The summed E-state index contributed by atoms with van der Waals surface area (Å²) in [5.74, 6) is -0.545. The monoisotopic (exact) mass is 492 g/mol. The van der Waals surface area contributed by atoms with Gasteiger partial charge in [0.2, 0.25) is 5.88 Å². The predicted octanol–water partition coefficient (Wildman–Crippen LogP) is 6.14. The summed E-state index contributed by atoms with van der Waals surface area (Å²) in [6, 6.07) is 15.5. The lowest BCUT2D eigenvalue weighted by atomic mass is 10.2. The molecule has 33 heavy (non-hydrogen) atoms. The molecule has 2 aromatic carbocycles. The zero-order valence-electron chi connectivity index (χ0n) is 17.1. The molecule has 2 aromatic heterocycles. The van der Waals surface area contributed by atoms with Gasteiger partial charge < -0.3 is 10.1 Å². The Kier molecular flexibility index (Phi) is 6.39. The van der Waals surface area contributed by atoms with E-state index in [0.717, 1.165) is 5.69 Å². The Balaban J connectivity index is 1.48. The van der Waals surface area contributed by atoms with Crippen LogP contribution in [0.1, 0.15) is 25.9 Å². The average molecular weight is 493 g/mol. The Labute approximate surface area is 195 Å². The molecule has 6 nitrogen and oxygen atoms in total. The number of amides is 1. The molecule has 170 valence electrons. The second-order valence-corrected chi connectivity index (χ2v) is 8.52. The van der Waals surface area contributed by atoms with Crippen molar-refractivity contribution >= 4 is 34.5 Å². The van der Waals surface area contributed by atoms with Crippen molar-refractivity contribution in [2.45, 2.75) is 19.7 Å². The first-order valence-corrected chi connectivity index (χ1v) is 10.8. The van der Waals surface area contributed by atoms with E-state index in [1.54, 1.807) is 65.5 Å². The van der Waals surface area contributed by atoms with E-state index in [1.165, 1.54) is 6.92 Å². The number of aromatic nitrogens is 3. The van der Waals surface area contributed by atoms with E-state index < -0.39 is 22.7 Å². The number of benzene rings is 2. The van der Waals surface area contributed by atoms with Crippen LogP contribution in [0.3, 0.4) is 0 Å². The van der Waals surface area contributed by atoms with Crippen LogP contribution in [-0.4, -0.2) is 20.7 Å². The van der Waals surface area contributed by atoms with Crippen molar-refractivity contribution in [3.8, 4) is 11.6 Å². The largest absolute Gasteiger partial charge is 0.472 e. The van der Waals surface area contributed by atoms with Crippen molar-refractivity contribution < 1.29 is 22.7 Å². The zero-order chi connectivity index (χ0) is 23.6. The zero-order valence-corrected chi connectivity index (χ0v) is 18.6. The van der Waals surface area contributed by atoms with Crippen LogP contribution in [0.2, 0.25) is 5.02 Å². The summed E-state index contributed by atoms with van der Waals surface area (Å²) < 4.78 is 47.0. The van der Waals surface area contributed by atoms with Crippen LogP contribution in [0, 0.1) is 6.92 Å². The minimum atomic E-state index is -4.72. The minimum Gasteiger partial charge on any atom is -0.472 e. The molecule has 0 saturated heterocycles. The van der Waals surface area contributed by atoms with Gasteiger partial charge in [-0.3, -0.25) is 4.79 Å². The minimum absolute atomic E-state index is 0.0436. The normalized spacial score (nSPS) is 11.4. The quantitative estimate of drug-likeness (QED) is 0.351. The van der Waals surface area contributed by atoms with Gasteiger partial charge in [0, 0.05) is 28.5 Å². The average Bonchev–Trinajstić information content (AvgIpc) is 3.40. The second kappa shape index (κ2) is 9.24. The lowest BCUT2D eigenvalue weighted by Gasteiger charge is -2.12. The fraction of sp³-hybridized carbons (Fsp3) is 0.136. The molecule has 0 saturated carbocycles. The summed E-state index contributed by atoms with van der Waals surface area (Å²) >= 11 is 6.59. The van der Waals surface area contributed by atoms with Crippen LogP contribution in [0.5, 0.6) is 5.88 Å². The molecular weight excluding hydrogens is 477 g/mol. The van der Waals surface area contributed by atoms with Gasteiger partial charge >= 0.3 is 6.18 Å². The maximum atomic E-state index is 13.2. The van der Waals surface area contributed by atoms with Gasteiger partial charge in [0.15, 0.2) is 5.69 Å². The van der Waals surface area contributed by atoms with E-state index in [1.807, 2.05) is 0 Å². The van der Waals surface area contributed by atoms with Crippen molar-refractivity contribution in [2.24, 2.45) is 0 Å². The Morgan fingerprint density at radius 1 is 1.15 bits per heavy atom. The van der Waals surface area contributed by atoms with Crippen molar-refractivity contribution in [1.29, 1.82) is 0 Å². The molecule has 11 heteroatoms. The lowest BCUT2D eigenvalue weighted by molar-refractivity contribution is -0.141. The first-order valence-electron chi connectivity index (χ1n) is 9.59. The SMILES string of the molecule is Cc1nc(C(F)(F)F)c(C(=O)Nc2ccccc2COc2ccn(-c3ccc(Cl)cc3)n2)s1. The Bertz CT molecular complexity index is 1290. The highest BCUT2D eigenvalue weighted by molar-refractivity contribution is 7.13. The van der Waals surface area contributed by atoms with Gasteiger partial charge in [-0.1, -0.05) is 29.8 Å². The summed E-state index contributed by atoms with van der Waals surface area (Å²) in [5, 5.41) is 7.64. The van der Waals surface area contributed by atoms with E-state index in [-0.39, 0.29) is 11.6 Å². The number of thiazole rings is 1. The molecule has 0 radical (unpaired) electrons. The van der Waals surface area contributed by atoms with Crippen molar-refractivity contribution in [3.05, 3.63) is 87.0 Å². The molecule has 0 unspecified atom stereocenters. The van der Waals surface area contributed by atoms with Crippen LogP contribution in [0.4, 0.5) is 18.9 Å². The van der Waals surface area contributed by atoms with Crippen molar-refractivity contribution in [3.63, 3.8) is 0 Å². The predicted molar refractivity (Wildman–Crippen MR) is 119 cm³/mol. The van der Waals surface area contributed by atoms with E-state index in [2.05, 4.69) is 15.4 Å². The Hall–Kier alpha value is -3.37. The number of carbonyl (C=O) groups is 1. The number of anilines is 1. The van der Waals surface area contributed by atoms with Gasteiger partial charge in [-0.15, -0.1) is 16.4 Å². The number of rotatable bonds is 6. The van der Waals surface area contributed by atoms with Crippen molar-refractivity contribution in [1.82, 2.24) is 14.8 Å². The molecule has 4 rings (SSSR count). The third-order valence-electron chi connectivity index (χ3n) is 4.51. The second-order valence-electron chi connectivity index (χ2n) is 6.88. The summed E-state index contributed by atoms with van der Waals surface area (Å²) in [5.41, 5.74) is 0.506. The first-order chi connectivity index (χ1) is 15.7. The molecule has 0 aliphatic rings. The summed E-state index contributed by atoms with van der Waals surface area (Å²) in [7, 11) is 0. The molecule has 0 atom stereocenters. The molecule has 0 fully saturated rings. The molecule has 1 amide bonds. The summed E-state index contributed by atoms with van der Waals surface area (Å²) in [6.07, 6.45) is -3.00. The fourth-order valence-electron chi connectivity index (χ4n) is 2.99. The molecular formula is C22H16ClF3N4O2S. The number of carbonyl (C=O) groups excluding carboxylic acids is 1. The highest BCUT2D eigenvalue weighted by Crippen LogP contribution is 2.34. The van der Waals surface area contributed by atoms with Gasteiger partial charge in [-0.05, 0) is 37.3 Å². The van der Waals surface area contributed by atoms with Gasteiger partial charge in [-0.2, -0.15) is 13.2 Å². The lowest BCUT2D eigenvalue weighted by Crippen LogP contribution is -2.18. The molecule has 0 bridgehead atoms. The number of hydrogen-bond acceptors (Lipinski definition) is 5. The highest BCUT2D eigenvalue weighted by Gasteiger charge is 2.39. The molecule has 0 spiro atoms. The third-order valence-corrected chi connectivity index (χ3v) is 5.73. The molecule has 4 aromatic rings. The van der Waals surface area contributed by atoms with Crippen LogP contribution in [0.25, 0.3) is 5.69 Å². The Morgan fingerprint density at radius 2 is 1.88 bits per heavy atom. The van der Waals surface area contributed by atoms with Crippen LogP contribution in [0.15, 0.2) is 60.8 Å². The van der Waals surface area contributed by atoms with Crippen LogP contribution < -0.4 is 10.1 Å². The number of hydrogen-bond donors (Lipinski definition) is 1. The van der Waals surface area contributed by atoms with Gasteiger partial charge in [0.25, 0.3) is 5.91 Å². The van der Waals surface area contributed by atoms with E-state index in [9.17, 15) is 18.0 Å². The number of ether oxygens (including phenoxy) is 1. The summed E-state index contributed by atoms with van der Waals surface area (Å²) in [4.78, 5) is 15.6. The first kappa shape index (κ1) is 22.8. The third kappa shape index (κ3) is 5.35. The number of nitrogens with one attached hydrogen (secondary N) is 1. The number of aryl methyl sites for hydroxylation is 1. The van der Waals surface area contributed by atoms with Gasteiger partial charge in [0.1, 0.15) is 11.5 Å². The smallest absolute Gasteiger partial charge is 0.435 e. The van der Waals surface area contributed by atoms with E-state index in [4.69, 9.17) is 16.3 Å². The van der Waals surface area contributed by atoms with Crippen molar-refractivity contribution in [2.75, 3.05) is 5.32 Å². The van der Waals surface area contributed by atoms with Crippen LogP contribution >= 0.6 is 22.9 Å². The fourth-order valence-corrected chi connectivity index (χ4v) is 3.95. The molecule has 0 aliphatic heterocycles. The number of nitrogens with zero attached hydrogens (tertiary/aromatic N) is 3. The number of halogens is 4. The van der Waals surface area contributed by atoms with Gasteiger partial charge in [-0.25, -0.2) is 9.67 Å². The number of alkyl halides is 3. The maximum Gasteiger partial charge on any atom is 0.435 e. The molecule has 1 N–H and O–H groups in total. The maximum absolute atomic E-state index is 13.2. The standard InChI is InChI=1S/C22H16ClF3N4O2S/c1-13-27-20(22(24,25)26)19(33-13)21(31)28-17-5-3-2-4-14(17)12-32-18-10-11-30(29-18)16-8-6-15(23)7-9-16/h2-11H,12H2,1H3,(H,28,31). The highest BCUT2D eigenvalue weighted by atomic mass is 35.5. The topological polar surface area (TPSA) is 69.0 Å². The van der Waals surface area contributed by atoms with Gasteiger partial charge in [0.05, 0.1) is 10.7 Å². The van der Waals surface area contributed by atoms with Crippen LogP contribution in [-0.2, 0) is 12.8 Å². The molecule has 2 heterocycles. The van der Waals surface area contributed by atoms with E-state index in [0.29, 0.717) is 33.5 Å². The van der Waals surface area contributed by atoms with E-state index >= 15 is 0 Å². The Morgan fingerprint density at radius 3 is 2.61 bits per heavy atom. The number of para-hydroxylation sites is 1.